The van der Waals surface area contributed by atoms with Crippen molar-refractivity contribution in [3.8, 4) is 11.3 Å². The fourth-order valence-corrected chi connectivity index (χ4v) is 4.01. The first kappa shape index (κ1) is 17.9. The van der Waals surface area contributed by atoms with Crippen LogP contribution in [0.3, 0.4) is 0 Å². The van der Waals surface area contributed by atoms with Crippen LogP contribution in [0.5, 0.6) is 0 Å². The third-order valence-corrected chi connectivity index (χ3v) is 5.57. The Labute approximate surface area is 168 Å². The number of nitrogens with one attached hydrogen (secondary N) is 1. The van der Waals surface area contributed by atoms with Gasteiger partial charge in [-0.25, -0.2) is 4.68 Å². The lowest BCUT2D eigenvalue weighted by atomic mass is 9.97. The molecule has 5 rings (SSSR count). The van der Waals surface area contributed by atoms with Crippen molar-refractivity contribution in [2.45, 2.75) is 37.8 Å². The Morgan fingerprint density at radius 1 is 1.03 bits per heavy atom. The number of rotatable bonds is 4. The maximum Gasteiger partial charge on any atom is 0.267 e. The van der Waals surface area contributed by atoms with Crippen molar-refractivity contribution in [2.24, 2.45) is 0 Å². The van der Waals surface area contributed by atoms with E-state index in [0.29, 0.717) is 13.2 Å². The zero-order valence-electron chi connectivity index (χ0n) is 16.0. The number of fused-ring (bicyclic) bond motifs is 1. The minimum Gasteiger partial charge on any atom is -0.377 e. The molecule has 2 aliphatic rings. The maximum atomic E-state index is 12.6. The zero-order chi connectivity index (χ0) is 19.6. The summed E-state index contributed by atoms with van der Waals surface area (Å²) >= 11 is 0. The fourth-order valence-electron chi connectivity index (χ4n) is 4.01. The van der Waals surface area contributed by atoms with Gasteiger partial charge in [-0.3, -0.25) is 9.78 Å². The van der Waals surface area contributed by atoms with Crippen molar-refractivity contribution in [1.82, 2.24) is 25.0 Å². The second kappa shape index (κ2) is 7.71. The molecule has 1 saturated heterocycles. The number of nitrogens with zero attached hydrogens (tertiary/aromatic N) is 5. The van der Waals surface area contributed by atoms with Crippen LogP contribution in [0.15, 0.2) is 47.5 Å². The number of ether oxygens (including phenoxy) is 1. The summed E-state index contributed by atoms with van der Waals surface area (Å²) in [6, 6.07) is 8.80. The predicted molar refractivity (Wildman–Crippen MR) is 108 cm³/mol. The number of anilines is 1. The minimum absolute atomic E-state index is 0.108. The zero-order valence-corrected chi connectivity index (χ0v) is 16.0. The van der Waals surface area contributed by atoms with Gasteiger partial charge in [0.25, 0.3) is 5.56 Å². The highest BCUT2D eigenvalue weighted by Gasteiger charge is 2.32. The van der Waals surface area contributed by atoms with Gasteiger partial charge in [0, 0.05) is 24.0 Å². The lowest BCUT2D eigenvalue weighted by Gasteiger charge is -2.22. The van der Waals surface area contributed by atoms with Crippen LogP contribution in [0.25, 0.3) is 11.3 Å². The number of aryl methyl sites for hydroxylation is 2. The summed E-state index contributed by atoms with van der Waals surface area (Å²) < 4.78 is 7.21. The van der Waals surface area contributed by atoms with Gasteiger partial charge >= 0.3 is 0 Å². The highest BCUT2D eigenvalue weighted by atomic mass is 16.5. The first-order valence-electron chi connectivity index (χ1n) is 9.98. The van der Waals surface area contributed by atoms with Crippen LogP contribution < -0.4 is 10.9 Å². The van der Waals surface area contributed by atoms with E-state index in [4.69, 9.17) is 4.74 Å². The Hall–Kier alpha value is -3.13. The van der Waals surface area contributed by atoms with E-state index >= 15 is 0 Å². The minimum atomic E-state index is -0.220. The van der Waals surface area contributed by atoms with Crippen LogP contribution in [0.4, 0.5) is 5.82 Å². The number of aromatic nitrogens is 5. The fraction of sp³-hybridized carbons (Fsp3) is 0.381. The highest BCUT2D eigenvalue weighted by Crippen LogP contribution is 2.25. The Morgan fingerprint density at radius 3 is 2.79 bits per heavy atom. The number of hydrogen-bond donors (Lipinski definition) is 1. The van der Waals surface area contributed by atoms with Gasteiger partial charge in [0.05, 0.1) is 30.6 Å². The summed E-state index contributed by atoms with van der Waals surface area (Å²) in [5, 5.41) is 16.8. The SMILES string of the molecule is O=c1ccc(-c2ccncc2)nn1C1COCC1Nc1cc2c(nn1)CCCC2. The monoisotopic (exact) mass is 390 g/mol. The molecule has 3 aromatic heterocycles. The molecule has 0 spiro atoms. The first-order chi connectivity index (χ1) is 14.3. The van der Waals surface area contributed by atoms with Crippen LogP contribution in [0.2, 0.25) is 0 Å². The predicted octanol–water partition coefficient (Wildman–Crippen LogP) is 2.03. The molecule has 1 aliphatic heterocycles. The molecule has 29 heavy (non-hydrogen) atoms. The first-order valence-corrected chi connectivity index (χ1v) is 9.98. The molecule has 0 amide bonds. The van der Waals surface area contributed by atoms with Crippen molar-refractivity contribution in [1.29, 1.82) is 0 Å². The summed E-state index contributed by atoms with van der Waals surface area (Å²) in [6.45, 7) is 0.903. The molecule has 1 aliphatic carbocycles. The quantitative estimate of drug-likeness (QED) is 0.728. The molecule has 4 heterocycles. The Kier molecular flexibility index (Phi) is 4.77. The van der Waals surface area contributed by atoms with Gasteiger partial charge in [0.2, 0.25) is 0 Å². The van der Waals surface area contributed by atoms with E-state index in [0.717, 1.165) is 35.6 Å². The van der Waals surface area contributed by atoms with Crippen molar-refractivity contribution in [3.05, 3.63) is 64.3 Å². The van der Waals surface area contributed by atoms with Gasteiger partial charge in [-0.15, -0.1) is 5.10 Å². The smallest absolute Gasteiger partial charge is 0.267 e. The molecular weight excluding hydrogens is 368 g/mol. The molecule has 148 valence electrons. The molecule has 0 aromatic carbocycles. The summed E-state index contributed by atoms with van der Waals surface area (Å²) in [4.78, 5) is 16.6. The average molecular weight is 390 g/mol. The summed E-state index contributed by atoms with van der Waals surface area (Å²) in [7, 11) is 0. The molecule has 8 heteroatoms. The van der Waals surface area contributed by atoms with Crippen molar-refractivity contribution >= 4 is 5.82 Å². The van der Waals surface area contributed by atoms with Crippen LogP contribution in [0.1, 0.15) is 30.1 Å². The van der Waals surface area contributed by atoms with E-state index in [2.05, 4.69) is 31.7 Å². The summed E-state index contributed by atoms with van der Waals surface area (Å²) in [5.41, 5.74) is 3.86. The van der Waals surface area contributed by atoms with Crippen molar-refractivity contribution in [2.75, 3.05) is 18.5 Å². The van der Waals surface area contributed by atoms with Crippen molar-refractivity contribution in [3.63, 3.8) is 0 Å². The number of hydrogen-bond acceptors (Lipinski definition) is 7. The Morgan fingerprint density at radius 2 is 1.90 bits per heavy atom. The van der Waals surface area contributed by atoms with E-state index in [1.807, 2.05) is 12.1 Å². The molecule has 0 saturated carbocycles. The van der Waals surface area contributed by atoms with Crippen LogP contribution in [-0.4, -0.2) is 44.2 Å². The summed E-state index contributed by atoms with van der Waals surface area (Å²) in [5.74, 6) is 0.726. The van der Waals surface area contributed by atoms with Crippen LogP contribution in [0, 0.1) is 0 Å². The molecule has 1 fully saturated rings. The largest absolute Gasteiger partial charge is 0.377 e. The molecule has 2 unspecified atom stereocenters. The molecule has 8 nitrogen and oxygen atoms in total. The third-order valence-electron chi connectivity index (χ3n) is 5.57. The van der Waals surface area contributed by atoms with Gasteiger partial charge < -0.3 is 10.1 Å². The van der Waals surface area contributed by atoms with Gasteiger partial charge in [0.1, 0.15) is 11.9 Å². The lowest BCUT2D eigenvalue weighted by molar-refractivity contribution is 0.183. The van der Waals surface area contributed by atoms with E-state index in [-0.39, 0.29) is 17.6 Å². The molecule has 2 atom stereocenters. The van der Waals surface area contributed by atoms with E-state index in [9.17, 15) is 4.79 Å². The van der Waals surface area contributed by atoms with E-state index in [1.165, 1.54) is 23.1 Å². The van der Waals surface area contributed by atoms with Crippen LogP contribution >= 0.6 is 0 Å². The highest BCUT2D eigenvalue weighted by molar-refractivity contribution is 5.57. The lowest BCUT2D eigenvalue weighted by Crippen LogP contribution is -2.37. The molecule has 1 N–H and O–H groups in total. The molecular formula is C21H22N6O2. The van der Waals surface area contributed by atoms with Crippen molar-refractivity contribution < 1.29 is 4.74 Å². The Bertz CT molecular complexity index is 1070. The number of pyridine rings is 1. The van der Waals surface area contributed by atoms with Gasteiger partial charge in [-0.05, 0) is 55.5 Å². The summed E-state index contributed by atoms with van der Waals surface area (Å²) in [6.07, 6.45) is 7.83. The standard InChI is InChI=1S/C21H22N6O2/c28-21-6-5-17(14-7-9-22-10-8-14)26-27(21)19-13-29-12-18(19)23-20-11-15-3-1-2-4-16(15)24-25-20/h5-11,18-19H,1-4,12-13H2,(H,23,25). The maximum absolute atomic E-state index is 12.6. The van der Waals surface area contributed by atoms with E-state index in [1.54, 1.807) is 24.5 Å². The second-order valence-corrected chi connectivity index (χ2v) is 7.50. The topological polar surface area (TPSA) is 94.8 Å². The molecule has 3 aromatic rings. The van der Waals surface area contributed by atoms with E-state index < -0.39 is 0 Å². The van der Waals surface area contributed by atoms with Crippen LogP contribution in [-0.2, 0) is 17.6 Å². The second-order valence-electron chi connectivity index (χ2n) is 7.50. The van der Waals surface area contributed by atoms with Gasteiger partial charge in [0.15, 0.2) is 0 Å². The van der Waals surface area contributed by atoms with Gasteiger partial charge in [-0.2, -0.15) is 10.2 Å². The Balaban J connectivity index is 1.42. The normalized spacial score (nSPS) is 21.0. The molecule has 0 radical (unpaired) electrons. The molecule has 0 bridgehead atoms. The van der Waals surface area contributed by atoms with Gasteiger partial charge in [-0.1, -0.05) is 0 Å². The average Bonchev–Trinajstić information content (AvgIpc) is 3.22. The third kappa shape index (κ3) is 3.63.